The molecule has 0 amide bonds. The van der Waals surface area contributed by atoms with Crippen molar-refractivity contribution in [3.05, 3.63) is 69.8 Å². The van der Waals surface area contributed by atoms with E-state index in [0.29, 0.717) is 17.5 Å². The van der Waals surface area contributed by atoms with Gasteiger partial charge in [-0.2, -0.15) is 0 Å². The second-order valence-corrected chi connectivity index (χ2v) is 6.27. The van der Waals surface area contributed by atoms with Gasteiger partial charge < -0.3 is 0 Å². The minimum Gasteiger partial charge on any atom is -0.258 e. The molecule has 2 rings (SSSR count). The summed E-state index contributed by atoms with van der Waals surface area (Å²) in [6, 6.07) is 12.8. The Labute approximate surface area is 122 Å². The summed E-state index contributed by atoms with van der Waals surface area (Å²) in [6.45, 7) is 0. The van der Waals surface area contributed by atoms with Crippen molar-refractivity contribution >= 4 is 15.7 Å². The number of nitrogens with zero attached hydrogens (tertiary/aromatic N) is 1. The van der Waals surface area contributed by atoms with Crippen molar-refractivity contribution in [3.8, 4) is 0 Å². The number of benzene rings is 2. The molecule has 0 aliphatic heterocycles. The lowest BCUT2D eigenvalue weighted by Crippen LogP contribution is -2.20. The third-order valence-corrected chi connectivity index (χ3v) is 4.56. The summed E-state index contributed by atoms with van der Waals surface area (Å²) in [5.41, 5.74) is 1.26. The van der Waals surface area contributed by atoms with Gasteiger partial charge in [-0.25, -0.2) is 13.1 Å². The van der Waals surface area contributed by atoms with Crippen molar-refractivity contribution in [2.45, 2.75) is 11.3 Å². The van der Waals surface area contributed by atoms with Crippen molar-refractivity contribution in [2.75, 3.05) is 7.05 Å². The Morgan fingerprint density at radius 1 is 1.14 bits per heavy atom. The predicted octanol–water partition coefficient (Wildman–Crippen LogP) is 2.09. The van der Waals surface area contributed by atoms with Crippen LogP contribution in [0.4, 0.5) is 5.69 Å². The van der Waals surface area contributed by atoms with Crippen LogP contribution in [0, 0.1) is 10.1 Å². The van der Waals surface area contributed by atoms with Gasteiger partial charge >= 0.3 is 0 Å². The average Bonchev–Trinajstić information content (AvgIpc) is 2.48. The highest BCUT2D eigenvalue weighted by Gasteiger charge is 2.16. The van der Waals surface area contributed by atoms with Crippen LogP contribution in [0.25, 0.3) is 0 Å². The van der Waals surface area contributed by atoms with Crippen LogP contribution in [0.3, 0.4) is 0 Å². The van der Waals surface area contributed by atoms with Crippen LogP contribution in [0.5, 0.6) is 0 Å². The third kappa shape index (κ3) is 3.45. The Morgan fingerprint density at radius 3 is 2.52 bits per heavy atom. The van der Waals surface area contributed by atoms with Crippen LogP contribution in [0.2, 0.25) is 0 Å². The van der Waals surface area contributed by atoms with Crippen molar-refractivity contribution in [1.29, 1.82) is 0 Å². The first-order valence-corrected chi connectivity index (χ1v) is 7.67. The highest BCUT2D eigenvalue weighted by Crippen LogP contribution is 2.21. The topological polar surface area (TPSA) is 89.3 Å². The first-order chi connectivity index (χ1) is 9.94. The number of nitro benzene ring substituents is 1. The molecule has 110 valence electrons. The molecule has 0 heterocycles. The third-order valence-electron chi connectivity index (χ3n) is 3.05. The van der Waals surface area contributed by atoms with E-state index in [-0.39, 0.29) is 10.6 Å². The maximum atomic E-state index is 12.0. The smallest absolute Gasteiger partial charge is 0.258 e. The Kier molecular flexibility index (Phi) is 4.35. The summed E-state index contributed by atoms with van der Waals surface area (Å²) in [5.74, 6) is 0. The van der Waals surface area contributed by atoms with Crippen molar-refractivity contribution in [2.24, 2.45) is 0 Å². The van der Waals surface area contributed by atoms with Crippen LogP contribution in [0.1, 0.15) is 11.1 Å². The lowest BCUT2D eigenvalue weighted by Gasteiger charge is -2.09. The molecular weight excluding hydrogens is 292 g/mol. The molecule has 0 aliphatic rings. The van der Waals surface area contributed by atoms with Gasteiger partial charge in [0.15, 0.2) is 0 Å². The number of hydrogen-bond donors (Lipinski definition) is 1. The zero-order valence-electron chi connectivity index (χ0n) is 11.3. The maximum absolute atomic E-state index is 12.0. The molecule has 0 spiro atoms. The molecule has 0 fully saturated rings. The fraction of sp³-hybridized carbons (Fsp3) is 0.143. The molecule has 6 nitrogen and oxygen atoms in total. The summed E-state index contributed by atoms with van der Waals surface area (Å²) < 4.78 is 26.2. The lowest BCUT2D eigenvalue weighted by molar-refractivity contribution is -0.384. The number of hydrogen-bond acceptors (Lipinski definition) is 4. The molecule has 0 aliphatic carbocycles. The Hall–Kier alpha value is -2.25. The van der Waals surface area contributed by atoms with Gasteiger partial charge in [-0.15, -0.1) is 0 Å². The van der Waals surface area contributed by atoms with E-state index in [1.54, 1.807) is 30.3 Å². The molecule has 0 aromatic heterocycles. The summed E-state index contributed by atoms with van der Waals surface area (Å²) in [7, 11) is -2.21. The standard InChI is InChI=1S/C14H14N2O4S/c1-15-21(19,20)14-8-3-2-6-12(14)9-11-5-4-7-13(10-11)16(17)18/h2-8,10,15H,9H2,1H3. The first kappa shape index (κ1) is 15.1. The van der Waals surface area contributed by atoms with E-state index in [4.69, 9.17) is 0 Å². The van der Waals surface area contributed by atoms with Gasteiger partial charge in [0.1, 0.15) is 0 Å². The molecule has 0 unspecified atom stereocenters. The fourth-order valence-electron chi connectivity index (χ4n) is 2.02. The van der Waals surface area contributed by atoms with Crippen molar-refractivity contribution in [3.63, 3.8) is 0 Å². The van der Waals surface area contributed by atoms with Gasteiger partial charge in [0.2, 0.25) is 10.0 Å². The van der Waals surface area contributed by atoms with Crippen LogP contribution in [0.15, 0.2) is 53.4 Å². The second kappa shape index (κ2) is 6.02. The highest BCUT2D eigenvalue weighted by molar-refractivity contribution is 7.89. The maximum Gasteiger partial charge on any atom is 0.269 e. The number of rotatable bonds is 5. The fourth-order valence-corrected chi connectivity index (χ4v) is 2.98. The van der Waals surface area contributed by atoms with E-state index in [2.05, 4.69) is 4.72 Å². The predicted molar refractivity (Wildman–Crippen MR) is 78.6 cm³/mol. The zero-order valence-corrected chi connectivity index (χ0v) is 12.1. The number of sulfonamides is 1. The van der Waals surface area contributed by atoms with E-state index in [0.717, 1.165) is 0 Å². The van der Waals surface area contributed by atoms with Crippen LogP contribution in [-0.2, 0) is 16.4 Å². The molecule has 0 saturated carbocycles. The SMILES string of the molecule is CNS(=O)(=O)c1ccccc1Cc1cccc([N+](=O)[O-])c1. The largest absolute Gasteiger partial charge is 0.269 e. The van der Waals surface area contributed by atoms with Gasteiger partial charge in [0.05, 0.1) is 9.82 Å². The summed E-state index contributed by atoms with van der Waals surface area (Å²) in [4.78, 5) is 10.5. The molecule has 2 aromatic rings. The molecule has 0 saturated heterocycles. The highest BCUT2D eigenvalue weighted by atomic mass is 32.2. The van der Waals surface area contributed by atoms with Gasteiger partial charge in [-0.1, -0.05) is 30.3 Å². The van der Waals surface area contributed by atoms with Gasteiger partial charge in [0, 0.05) is 12.1 Å². The molecule has 0 radical (unpaired) electrons. The zero-order chi connectivity index (χ0) is 15.5. The van der Waals surface area contributed by atoms with E-state index < -0.39 is 14.9 Å². The van der Waals surface area contributed by atoms with E-state index in [1.807, 2.05) is 0 Å². The summed E-state index contributed by atoms with van der Waals surface area (Å²) >= 11 is 0. The number of nitro groups is 1. The van der Waals surface area contributed by atoms with Crippen LogP contribution < -0.4 is 4.72 Å². The molecule has 7 heteroatoms. The van der Waals surface area contributed by atoms with Crippen LogP contribution in [-0.4, -0.2) is 20.4 Å². The quantitative estimate of drug-likeness (QED) is 0.676. The van der Waals surface area contributed by atoms with E-state index in [1.165, 1.54) is 25.2 Å². The average molecular weight is 306 g/mol. The summed E-state index contributed by atoms with van der Waals surface area (Å²) in [6.07, 6.45) is 0.304. The molecule has 0 bridgehead atoms. The second-order valence-electron chi connectivity index (χ2n) is 4.42. The van der Waals surface area contributed by atoms with E-state index >= 15 is 0 Å². The first-order valence-electron chi connectivity index (χ1n) is 6.19. The molecule has 2 aromatic carbocycles. The molecular formula is C14H14N2O4S. The Balaban J connectivity index is 2.41. The van der Waals surface area contributed by atoms with Crippen molar-refractivity contribution < 1.29 is 13.3 Å². The molecule has 1 N–H and O–H groups in total. The summed E-state index contributed by atoms with van der Waals surface area (Å²) in [5, 5.41) is 10.8. The Bertz CT molecular complexity index is 772. The number of nitrogens with one attached hydrogen (secondary N) is 1. The minimum absolute atomic E-state index is 0.0125. The van der Waals surface area contributed by atoms with Gasteiger partial charge in [-0.3, -0.25) is 10.1 Å². The lowest BCUT2D eigenvalue weighted by atomic mass is 10.0. The van der Waals surface area contributed by atoms with Gasteiger partial charge in [-0.05, 0) is 30.7 Å². The Morgan fingerprint density at radius 2 is 1.86 bits per heavy atom. The normalized spacial score (nSPS) is 11.3. The van der Waals surface area contributed by atoms with E-state index in [9.17, 15) is 18.5 Å². The van der Waals surface area contributed by atoms with Gasteiger partial charge in [0.25, 0.3) is 5.69 Å². The van der Waals surface area contributed by atoms with Crippen molar-refractivity contribution in [1.82, 2.24) is 4.72 Å². The van der Waals surface area contributed by atoms with Crippen LogP contribution >= 0.6 is 0 Å². The number of non-ortho nitro benzene ring substituents is 1. The minimum atomic E-state index is -3.56. The monoisotopic (exact) mass is 306 g/mol. The molecule has 21 heavy (non-hydrogen) atoms. The molecule has 0 atom stereocenters.